The van der Waals surface area contributed by atoms with Gasteiger partial charge in [-0.15, -0.1) is 23.4 Å². The number of alkyl halides is 1. The third-order valence-corrected chi connectivity index (χ3v) is 9.49. The van der Waals surface area contributed by atoms with E-state index < -0.39 is 5.97 Å². The topological polar surface area (TPSA) is 92.5 Å². The lowest BCUT2D eigenvalue weighted by atomic mass is 9.76. The highest BCUT2D eigenvalue weighted by atomic mass is 79.9. The normalized spacial score (nSPS) is 25.2. The minimum atomic E-state index is -0.997. The van der Waals surface area contributed by atoms with Crippen LogP contribution < -0.4 is 5.32 Å². The van der Waals surface area contributed by atoms with Crippen molar-refractivity contribution in [1.82, 2.24) is 0 Å². The van der Waals surface area contributed by atoms with Crippen LogP contribution in [0.3, 0.4) is 0 Å². The van der Waals surface area contributed by atoms with Crippen molar-refractivity contribution in [3.63, 3.8) is 0 Å². The zero-order chi connectivity index (χ0) is 24.0. The minimum absolute atomic E-state index is 0.0697. The van der Waals surface area contributed by atoms with Crippen molar-refractivity contribution >= 4 is 56.6 Å². The number of nitrogens with one attached hydrogen (secondary N) is 1. The largest absolute Gasteiger partial charge is 0.478 e. The number of carboxylic acids is 1. The Kier molecular flexibility index (Phi) is 6.31. The van der Waals surface area contributed by atoms with E-state index in [1.165, 1.54) is 17.8 Å². The van der Waals surface area contributed by atoms with Crippen molar-refractivity contribution in [2.24, 2.45) is 5.92 Å². The van der Waals surface area contributed by atoms with Crippen LogP contribution in [0, 0.1) is 16.0 Å². The molecule has 3 aromatic rings. The number of fused-ring (bicyclic) bond motifs is 3. The van der Waals surface area contributed by atoms with Crippen molar-refractivity contribution in [2.45, 2.75) is 33.9 Å². The number of aromatic carboxylic acids is 1. The number of thioether (sulfide) groups is 1. The van der Waals surface area contributed by atoms with Gasteiger partial charge in [-0.05, 0) is 41.7 Å². The first-order chi connectivity index (χ1) is 16.4. The SMILES string of the molecule is O=C(O)c1cccc2c1N[C@H](c1ccccc1Br)[C@@H]1C[C@H](Sc3ccccc3[N+](=O)[O-])[C@@H](Cl)[C@@H]21. The molecule has 0 saturated heterocycles. The zero-order valence-electron chi connectivity index (χ0n) is 17.7. The van der Waals surface area contributed by atoms with E-state index in [9.17, 15) is 20.0 Å². The lowest BCUT2D eigenvalue weighted by molar-refractivity contribution is -0.387. The van der Waals surface area contributed by atoms with Crippen LogP contribution in [0.4, 0.5) is 11.4 Å². The number of rotatable bonds is 5. The van der Waals surface area contributed by atoms with E-state index in [0.717, 1.165) is 22.0 Å². The van der Waals surface area contributed by atoms with Gasteiger partial charge in [0, 0.05) is 21.7 Å². The van der Waals surface area contributed by atoms with E-state index in [0.29, 0.717) is 10.6 Å². The number of nitrogens with zero attached hydrogens (tertiary/aromatic N) is 1. The summed E-state index contributed by atoms with van der Waals surface area (Å²) in [5.74, 6) is -1.02. The Morgan fingerprint density at radius 3 is 2.53 bits per heavy atom. The molecule has 2 N–H and O–H groups in total. The van der Waals surface area contributed by atoms with Crippen LogP contribution in [0.5, 0.6) is 0 Å². The molecule has 5 atom stereocenters. The molecule has 0 spiro atoms. The van der Waals surface area contributed by atoms with Crippen LogP contribution >= 0.6 is 39.3 Å². The highest BCUT2D eigenvalue weighted by Gasteiger charge is 2.51. The summed E-state index contributed by atoms with van der Waals surface area (Å²) >= 11 is 12.2. The van der Waals surface area contributed by atoms with Crippen LogP contribution in [0.15, 0.2) is 76.1 Å². The standard InChI is InChI=1S/C25H20BrClN2O4S/c26-17-9-2-1-6-13(17)23-16-12-20(34-19-11-4-3-10-18(19)29(32)33)22(27)21(16)14-7-5-8-15(25(30)31)24(14)28-23/h1-11,16,20-23,28H,12H2,(H,30,31)/t16-,20+,21+,22-,23-/m1/s1. The number of anilines is 1. The molecule has 0 aromatic heterocycles. The highest BCUT2D eigenvalue weighted by molar-refractivity contribution is 9.10. The molecule has 34 heavy (non-hydrogen) atoms. The number of nitro groups is 1. The molecule has 0 radical (unpaired) electrons. The van der Waals surface area contributed by atoms with Gasteiger partial charge in [-0.25, -0.2) is 4.79 Å². The summed E-state index contributed by atoms with van der Waals surface area (Å²) in [6, 6.07) is 19.7. The number of carboxylic acid groups (broad SMARTS) is 1. The van der Waals surface area contributed by atoms with Gasteiger partial charge in [0.1, 0.15) is 0 Å². The van der Waals surface area contributed by atoms with Gasteiger partial charge < -0.3 is 10.4 Å². The third-order valence-electron chi connectivity index (χ3n) is 6.66. The van der Waals surface area contributed by atoms with Gasteiger partial charge in [-0.3, -0.25) is 10.1 Å². The van der Waals surface area contributed by atoms with Crippen molar-refractivity contribution in [3.05, 3.63) is 98.0 Å². The number of benzene rings is 3. The lowest BCUT2D eigenvalue weighted by Gasteiger charge is -2.39. The fraction of sp³-hybridized carbons (Fsp3) is 0.240. The molecule has 1 heterocycles. The van der Waals surface area contributed by atoms with Gasteiger partial charge >= 0.3 is 5.97 Å². The maximum Gasteiger partial charge on any atom is 0.337 e. The van der Waals surface area contributed by atoms with Crippen molar-refractivity contribution in [2.75, 3.05) is 5.32 Å². The number of hydrogen-bond donors (Lipinski definition) is 2. The summed E-state index contributed by atoms with van der Waals surface area (Å²) in [6.45, 7) is 0. The summed E-state index contributed by atoms with van der Waals surface area (Å²) < 4.78 is 0.934. The second-order valence-electron chi connectivity index (χ2n) is 8.47. The Bertz CT molecular complexity index is 1290. The monoisotopic (exact) mass is 558 g/mol. The highest BCUT2D eigenvalue weighted by Crippen LogP contribution is 2.59. The first-order valence-corrected chi connectivity index (χ1v) is 12.9. The second-order valence-corrected chi connectivity index (χ2v) is 11.1. The Balaban J connectivity index is 1.59. The summed E-state index contributed by atoms with van der Waals surface area (Å²) in [6.07, 6.45) is 0.727. The first kappa shape index (κ1) is 23.2. The zero-order valence-corrected chi connectivity index (χ0v) is 20.9. The Labute approximate surface area is 214 Å². The molecule has 174 valence electrons. The summed E-state index contributed by atoms with van der Waals surface area (Å²) in [5, 5.41) is 24.5. The van der Waals surface area contributed by atoms with E-state index in [1.807, 2.05) is 30.3 Å². The third kappa shape index (κ3) is 3.97. The van der Waals surface area contributed by atoms with E-state index in [-0.39, 0.29) is 44.7 Å². The molecule has 1 aliphatic carbocycles. The molecule has 5 rings (SSSR count). The smallest absolute Gasteiger partial charge is 0.337 e. The van der Waals surface area contributed by atoms with Crippen LogP contribution in [0.2, 0.25) is 0 Å². The number of halogens is 2. The molecule has 0 unspecified atom stereocenters. The number of hydrogen-bond acceptors (Lipinski definition) is 5. The maximum absolute atomic E-state index is 12.0. The van der Waals surface area contributed by atoms with E-state index >= 15 is 0 Å². The predicted octanol–water partition coefficient (Wildman–Crippen LogP) is 7.09. The Morgan fingerprint density at radius 2 is 1.79 bits per heavy atom. The molecular formula is C25H20BrClN2O4S. The molecule has 0 amide bonds. The number of nitro benzene ring substituents is 1. The van der Waals surface area contributed by atoms with E-state index in [2.05, 4.69) is 21.2 Å². The summed E-state index contributed by atoms with van der Waals surface area (Å²) in [4.78, 5) is 23.8. The molecule has 6 nitrogen and oxygen atoms in total. The minimum Gasteiger partial charge on any atom is -0.478 e. The molecule has 2 aliphatic rings. The van der Waals surface area contributed by atoms with Gasteiger partial charge in [-0.1, -0.05) is 58.4 Å². The summed E-state index contributed by atoms with van der Waals surface area (Å²) in [7, 11) is 0. The van der Waals surface area contributed by atoms with Crippen LogP contribution in [0.25, 0.3) is 0 Å². The number of carbonyl (C=O) groups is 1. The quantitative estimate of drug-likeness (QED) is 0.197. The molecule has 9 heteroatoms. The van der Waals surface area contributed by atoms with Crippen LogP contribution in [-0.2, 0) is 0 Å². The molecule has 1 aliphatic heterocycles. The van der Waals surface area contributed by atoms with Crippen molar-refractivity contribution < 1.29 is 14.8 Å². The lowest BCUT2D eigenvalue weighted by Crippen LogP contribution is -2.32. The first-order valence-electron chi connectivity index (χ1n) is 10.8. The Morgan fingerprint density at radius 1 is 1.09 bits per heavy atom. The fourth-order valence-corrected chi connectivity index (χ4v) is 7.70. The van der Waals surface area contributed by atoms with Gasteiger partial charge in [-0.2, -0.15) is 0 Å². The average Bonchev–Trinajstić information content (AvgIpc) is 3.15. The van der Waals surface area contributed by atoms with E-state index in [4.69, 9.17) is 11.6 Å². The van der Waals surface area contributed by atoms with Crippen molar-refractivity contribution in [1.29, 1.82) is 0 Å². The van der Waals surface area contributed by atoms with Gasteiger partial charge in [0.2, 0.25) is 0 Å². The van der Waals surface area contributed by atoms with Crippen molar-refractivity contribution in [3.8, 4) is 0 Å². The average molecular weight is 560 g/mol. The van der Waals surface area contributed by atoms with Gasteiger partial charge in [0.05, 0.1) is 32.5 Å². The molecule has 0 bridgehead atoms. The molecule has 3 aromatic carbocycles. The molecular weight excluding hydrogens is 540 g/mol. The predicted molar refractivity (Wildman–Crippen MR) is 137 cm³/mol. The maximum atomic E-state index is 12.0. The fourth-order valence-electron chi connectivity index (χ4n) is 5.23. The Hall–Kier alpha value is -2.55. The van der Waals surface area contributed by atoms with Gasteiger partial charge in [0.15, 0.2) is 0 Å². The van der Waals surface area contributed by atoms with Crippen LogP contribution in [0.1, 0.15) is 39.9 Å². The molecule has 1 fully saturated rings. The van der Waals surface area contributed by atoms with Crippen LogP contribution in [-0.4, -0.2) is 26.6 Å². The van der Waals surface area contributed by atoms with E-state index in [1.54, 1.807) is 30.3 Å². The number of para-hydroxylation sites is 2. The second kappa shape index (κ2) is 9.24. The summed E-state index contributed by atoms with van der Waals surface area (Å²) in [5.41, 5.74) is 2.80. The molecule has 1 saturated carbocycles. The van der Waals surface area contributed by atoms with Gasteiger partial charge in [0.25, 0.3) is 5.69 Å².